The quantitative estimate of drug-likeness (QED) is 0.0844. The molecule has 2 aromatic heterocycles. The normalized spacial score (nSPS) is 20.1. The molecule has 0 radical (unpaired) electrons. The summed E-state index contributed by atoms with van der Waals surface area (Å²) < 4.78 is 7.02. The molecule has 0 N–H and O–H groups in total. The molecule has 0 atom stereocenters. The van der Waals surface area contributed by atoms with Crippen molar-refractivity contribution in [2.24, 2.45) is 11.8 Å². The highest BCUT2D eigenvalue weighted by Crippen LogP contribution is 2.41. The van der Waals surface area contributed by atoms with Crippen molar-refractivity contribution in [1.82, 2.24) is 19.9 Å². The summed E-state index contributed by atoms with van der Waals surface area (Å²) in [7, 11) is 0. The van der Waals surface area contributed by atoms with Gasteiger partial charge < -0.3 is 4.74 Å². The molecular formula is C50H70N4O. The van der Waals surface area contributed by atoms with Gasteiger partial charge in [-0.25, -0.2) is 19.9 Å². The van der Waals surface area contributed by atoms with Crippen LogP contribution in [0.25, 0.3) is 0 Å². The third-order valence-corrected chi connectivity index (χ3v) is 12.6. The summed E-state index contributed by atoms with van der Waals surface area (Å²) in [5.41, 5.74) is 8.17. The lowest BCUT2D eigenvalue weighted by molar-refractivity contribution is 0.312. The molecule has 0 saturated heterocycles. The van der Waals surface area contributed by atoms with Gasteiger partial charge in [0.2, 0.25) is 0 Å². The predicted molar refractivity (Wildman–Crippen MR) is 228 cm³/mol. The van der Waals surface area contributed by atoms with Crippen molar-refractivity contribution in [3.05, 3.63) is 106 Å². The van der Waals surface area contributed by atoms with E-state index in [-0.39, 0.29) is 0 Å². The van der Waals surface area contributed by atoms with Gasteiger partial charge in [-0.15, -0.1) is 0 Å². The van der Waals surface area contributed by atoms with Crippen LogP contribution in [0.2, 0.25) is 0 Å². The van der Waals surface area contributed by atoms with E-state index in [2.05, 4.69) is 88.9 Å². The van der Waals surface area contributed by atoms with Crippen LogP contribution in [0.4, 0.5) is 0 Å². The molecule has 4 aromatic rings. The highest BCUT2D eigenvalue weighted by molar-refractivity contribution is 5.45. The second-order valence-electron chi connectivity index (χ2n) is 17.1. The smallest absolute Gasteiger partial charge is 0.131 e. The van der Waals surface area contributed by atoms with E-state index in [0.717, 1.165) is 74.5 Å². The number of nitrogens with zero attached hydrogens (tertiary/aromatic N) is 4. The molecule has 2 fully saturated rings. The number of aromatic nitrogens is 4. The minimum Gasteiger partial charge on any atom is -0.457 e. The lowest BCUT2D eigenvalue weighted by atomic mass is 9.78. The molecule has 2 heterocycles. The Hall–Kier alpha value is -3.60. The topological polar surface area (TPSA) is 60.8 Å². The molecule has 2 aliphatic rings. The summed E-state index contributed by atoms with van der Waals surface area (Å²) >= 11 is 0. The van der Waals surface area contributed by atoms with Gasteiger partial charge in [0.05, 0.1) is 0 Å². The van der Waals surface area contributed by atoms with E-state index in [1.165, 1.54) is 123 Å². The van der Waals surface area contributed by atoms with Crippen molar-refractivity contribution in [2.75, 3.05) is 0 Å². The van der Waals surface area contributed by atoms with E-state index < -0.39 is 0 Å². The molecule has 2 aromatic carbocycles. The molecular weight excluding hydrogens is 673 g/mol. The average Bonchev–Trinajstić information content (AvgIpc) is 3.21. The van der Waals surface area contributed by atoms with Crippen LogP contribution in [0.5, 0.6) is 11.5 Å². The fourth-order valence-electron chi connectivity index (χ4n) is 9.23. The summed E-state index contributed by atoms with van der Waals surface area (Å²) in [5, 5.41) is 0. The van der Waals surface area contributed by atoms with Crippen molar-refractivity contribution in [3.63, 3.8) is 0 Å². The lowest BCUT2D eigenvalue weighted by Gasteiger charge is -2.29. The molecule has 0 unspecified atom stereocenters. The Morgan fingerprint density at radius 3 is 1.22 bits per heavy atom. The maximum Gasteiger partial charge on any atom is 0.131 e. The molecule has 0 bridgehead atoms. The van der Waals surface area contributed by atoms with Crippen LogP contribution < -0.4 is 4.74 Å². The number of ether oxygens (including phenoxy) is 1. The van der Waals surface area contributed by atoms with E-state index in [0.29, 0.717) is 23.7 Å². The third kappa shape index (κ3) is 12.2. The van der Waals surface area contributed by atoms with Gasteiger partial charge in [0.25, 0.3) is 0 Å². The van der Waals surface area contributed by atoms with Crippen LogP contribution in [-0.4, -0.2) is 19.9 Å². The minimum atomic E-state index is 0.482. The second kappa shape index (κ2) is 21.6. The fourth-order valence-corrected chi connectivity index (χ4v) is 9.23. The van der Waals surface area contributed by atoms with E-state index >= 15 is 0 Å². The molecule has 2 saturated carbocycles. The van der Waals surface area contributed by atoms with Crippen molar-refractivity contribution < 1.29 is 4.74 Å². The Morgan fingerprint density at radius 1 is 0.455 bits per heavy atom. The van der Waals surface area contributed by atoms with Crippen LogP contribution in [-0.2, 0) is 38.5 Å². The highest BCUT2D eigenvalue weighted by Gasteiger charge is 2.27. The molecule has 55 heavy (non-hydrogen) atoms. The molecule has 0 amide bonds. The number of hydrogen-bond donors (Lipinski definition) is 0. The molecule has 5 heteroatoms. The SMILES string of the molecule is CCCCCc1cnc(C2CCC(Cc3cc(CCC)ccc3Oc3ccc(CCC)cc3CC3CCC(c4ncc(CCCCC)cn4)CC3)CC2)nc1. The van der Waals surface area contributed by atoms with Gasteiger partial charge in [0, 0.05) is 36.6 Å². The van der Waals surface area contributed by atoms with Gasteiger partial charge in [-0.05, 0) is 160 Å². The third-order valence-electron chi connectivity index (χ3n) is 12.6. The lowest BCUT2D eigenvalue weighted by Crippen LogP contribution is -2.18. The van der Waals surface area contributed by atoms with Gasteiger partial charge in [-0.2, -0.15) is 0 Å². The molecule has 0 spiro atoms. The highest BCUT2D eigenvalue weighted by atomic mass is 16.5. The summed E-state index contributed by atoms with van der Waals surface area (Å²) in [5.74, 6) is 6.49. The molecule has 0 aliphatic heterocycles. The maximum atomic E-state index is 7.02. The van der Waals surface area contributed by atoms with Crippen LogP contribution in [0.15, 0.2) is 61.2 Å². The van der Waals surface area contributed by atoms with Crippen LogP contribution >= 0.6 is 0 Å². The fraction of sp³-hybridized carbons (Fsp3) is 0.600. The number of hydrogen-bond acceptors (Lipinski definition) is 5. The predicted octanol–water partition coefficient (Wildman–Crippen LogP) is 13.5. The Kier molecular flexibility index (Phi) is 16.1. The Balaban J connectivity index is 1.09. The zero-order chi connectivity index (χ0) is 38.2. The van der Waals surface area contributed by atoms with E-state index in [4.69, 9.17) is 24.7 Å². The first kappa shape index (κ1) is 41.0. The maximum absolute atomic E-state index is 7.02. The van der Waals surface area contributed by atoms with E-state index in [1.807, 2.05) is 0 Å². The summed E-state index contributed by atoms with van der Waals surface area (Å²) in [6.45, 7) is 9.07. The molecule has 296 valence electrons. The van der Waals surface area contributed by atoms with E-state index in [1.54, 1.807) is 0 Å². The monoisotopic (exact) mass is 743 g/mol. The number of unbranched alkanes of at least 4 members (excludes halogenated alkanes) is 4. The summed E-state index contributed by atoms with van der Waals surface area (Å²) in [6, 6.07) is 14.1. The Labute approximate surface area is 334 Å². The van der Waals surface area contributed by atoms with Crippen molar-refractivity contribution in [2.45, 2.75) is 181 Å². The number of rotatable bonds is 20. The van der Waals surface area contributed by atoms with Crippen molar-refractivity contribution in [1.29, 1.82) is 0 Å². The molecule has 5 nitrogen and oxygen atoms in total. The first-order valence-electron chi connectivity index (χ1n) is 22.6. The second-order valence-corrected chi connectivity index (χ2v) is 17.1. The summed E-state index contributed by atoms with van der Waals surface area (Å²) in [6.07, 6.45) is 34.3. The van der Waals surface area contributed by atoms with Crippen molar-refractivity contribution in [3.8, 4) is 11.5 Å². The number of benzene rings is 2. The Morgan fingerprint density at radius 2 is 0.855 bits per heavy atom. The zero-order valence-electron chi connectivity index (χ0n) is 34.8. The first-order valence-corrected chi connectivity index (χ1v) is 22.6. The van der Waals surface area contributed by atoms with Gasteiger partial charge in [-0.3, -0.25) is 0 Å². The van der Waals surface area contributed by atoms with Crippen LogP contribution in [0, 0.1) is 11.8 Å². The van der Waals surface area contributed by atoms with Gasteiger partial charge >= 0.3 is 0 Å². The standard InChI is InChI=1S/C50H70N4O/c1-5-9-11-15-41-33-51-49(52-34-41)43-23-17-39(18-24-43)31-45-29-37(13-7-3)21-27-47(45)55-48-28-22-38(14-8-4)30-46(48)32-40-19-25-44(26-20-40)50-53-35-42(36-54-50)16-12-10-6-2/h21-22,27-30,33-36,39-40,43-44H,5-20,23-26,31-32H2,1-4H3. The van der Waals surface area contributed by atoms with Crippen LogP contribution in [0.1, 0.15) is 187 Å². The molecule has 2 aliphatic carbocycles. The summed E-state index contributed by atoms with van der Waals surface area (Å²) in [4.78, 5) is 19.4. The minimum absolute atomic E-state index is 0.482. The van der Waals surface area contributed by atoms with Gasteiger partial charge in [0.1, 0.15) is 23.1 Å². The van der Waals surface area contributed by atoms with Gasteiger partial charge in [-0.1, -0.05) is 90.5 Å². The Bertz CT molecular complexity index is 1570. The van der Waals surface area contributed by atoms with E-state index in [9.17, 15) is 0 Å². The number of aryl methyl sites for hydroxylation is 4. The van der Waals surface area contributed by atoms with Crippen molar-refractivity contribution >= 4 is 0 Å². The van der Waals surface area contributed by atoms with Crippen LogP contribution in [0.3, 0.4) is 0 Å². The largest absolute Gasteiger partial charge is 0.457 e. The first-order chi connectivity index (χ1) is 27.0. The zero-order valence-corrected chi connectivity index (χ0v) is 34.8. The molecule has 6 rings (SSSR count). The average molecular weight is 743 g/mol. The van der Waals surface area contributed by atoms with Gasteiger partial charge in [0.15, 0.2) is 0 Å².